The molecule has 0 saturated carbocycles. The number of hydrogen-bond acceptors (Lipinski definition) is 4. The maximum absolute atomic E-state index is 11.8. The number of likely N-dealkylation sites (tertiary alicyclic amines) is 1. The first-order valence-corrected chi connectivity index (χ1v) is 6.48. The molecule has 0 bridgehead atoms. The van der Waals surface area contributed by atoms with Crippen LogP contribution in [0.1, 0.15) is 40.0 Å². The standard InChI is InChI=1S/C13H20N2O5/c1-13(2,3)11(12(19)20)14-8(16)6-7-15-9(17)4-5-10(15)18/h11H,4-7H2,1-3H3,(H,14,16)(H,19,20). The molecule has 112 valence electrons. The second kappa shape index (κ2) is 6.02. The SMILES string of the molecule is CC(C)(C)C(NC(=O)CCN1C(=O)CCC1=O)C(=O)O. The number of amides is 3. The molecule has 0 aliphatic carbocycles. The Hall–Kier alpha value is -1.92. The first-order valence-electron chi connectivity index (χ1n) is 6.48. The highest BCUT2D eigenvalue weighted by molar-refractivity contribution is 6.02. The molecule has 1 atom stereocenters. The van der Waals surface area contributed by atoms with E-state index < -0.39 is 23.3 Å². The minimum Gasteiger partial charge on any atom is -0.480 e. The molecular weight excluding hydrogens is 264 g/mol. The monoisotopic (exact) mass is 284 g/mol. The summed E-state index contributed by atoms with van der Waals surface area (Å²) >= 11 is 0. The number of carbonyl (C=O) groups is 4. The highest BCUT2D eigenvalue weighted by atomic mass is 16.4. The molecule has 0 radical (unpaired) electrons. The maximum Gasteiger partial charge on any atom is 0.326 e. The maximum atomic E-state index is 11.8. The van der Waals surface area contributed by atoms with Crippen molar-refractivity contribution in [1.29, 1.82) is 0 Å². The lowest BCUT2D eigenvalue weighted by molar-refractivity contribution is -0.145. The van der Waals surface area contributed by atoms with Gasteiger partial charge >= 0.3 is 5.97 Å². The number of nitrogens with one attached hydrogen (secondary N) is 1. The lowest BCUT2D eigenvalue weighted by Crippen LogP contribution is -2.49. The van der Waals surface area contributed by atoms with Crippen molar-refractivity contribution in [3.05, 3.63) is 0 Å². The topological polar surface area (TPSA) is 104 Å². The van der Waals surface area contributed by atoms with Crippen LogP contribution in [0.5, 0.6) is 0 Å². The molecule has 0 spiro atoms. The predicted molar refractivity (Wildman–Crippen MR) is 69.6 cm³/mol. The van der Waals surface area contributed by atoms with Gasteiger partial charge in [-0.25, -0.2) is 4.79 Å². The first-order chi connectivity index (χ1) is 9.12. The van der Waals surface area contributed by atoms with Gasteiger partial charge in [-0.05, 0) is 5.41 Å². The molecule has 1 fully saturated rings. The van der Waals surface area contributed by atoms with E-state index in [2.05, 4.69) is 5.32 Å². The van der Waals surface area contributed by atoms with E-state index >= 15 is 0 Å². The molecule has 1 saturated heterocycles. The Morgan fingerprint density at radius 1 is 1.25 bits per heavy atom. The molecular formula is C13H20N2O5. The molecule has 2 N–H and O–H groups in total. The Morgan fingerprint density at radius 3 is 2.15 bits per heavy atom. The van der Waals surface area contributed by atoms with Gasteiger partial charge in [-0.1, -0.05) is 20.8 Å². The number of aliphatic carboxylic acids is 1. The predicted octanol–water partition coefficient (Wildman–Crippen LogP) is 0.141. The van der Waals surface area contributed by atoms with Crippen LogP contribution >= 0.6 is 0 Å². The van der Waals surface area contributed by atoms with E-state index in [9.17, 15) is 19.2 Å². The van der Waals surface area contributed by atoms with Crippen LogP contribution in [-0.4, -0.2) is 46.3 Å². The zero-order valence-corrected chi connectivity index (χ0v) is 11.9. The van der Waals surface area contributed by atoms with Gasteiger partial charge in [0.15, 0.2) is 0 Å². The number of carbonyl (C=O) groups excluding carboxylic acids is 3. The average molecular weight is 284 g/mol. The lowest BCUT2D eigenvalue weighted by atomic mass is 9.86. The van der Waals surface area contributed by atoms with Crippen LogP contribution in [0.4, 0.5) is 0 Å². The lowest BCUT2D eigenvalue weighted by Gasteiger charge is -2.28. The van der Waals surface area contributed by atoms with E-state index in [-0.39, 0.29) is 37.6 Å². The summed E-state index contributed by atoms with van der Waals surface area (Å²) in [5.41, 5.74) is -0.624. The second-order valence-corrected chi connectivity index (χ2v) is 5.89. The van der Waals surface area contributed by atoms with Gasteiger partial charge in [0.05, 0.1) is 0 Å². The van der Waals surface area contributed by atoms with E-state index in [1.54, 1.807) is 20.8 Å². The summed E-state index contributed by atoms with van der Waals surface area (Å²) in [6.07, 6.45) is 0.276. The summed E-state index contributed by atoms with van der Waals surface area (Å²) in [6.45, 7) is 5.12. The van der Waals surface area contributed by atoms with Gasteiger partial charge < -0.3 is 10.4 Å². The van der Waals surface area contributed by atoms with Crippen molar-refractivity contribution < 1.29 is 24.3 Å². The van der Waals surface area contributed by atoms with Crippen molar-refractivity contribution >= 4 is 23.7 Å². The van der Waals surface area contributed by atoms with Gasteiger partial charge in [0.1, 0.15) is 6.04 Å². The van der Waals surface area contributed by atoms with Gasteiger partial charge in [-0.2, -0.15) is 0 Å². The van der Waals surface area contributed by atoms with E-state index in [0.717, 1.165) is 4.90 Å². The van der Waals surface area contributed by atoms with Crippen LogP contribution in [0.25, 0.3) is 0 Å². The quantitative estimate of drug-likeness (QED) is 0.699. The Labute approximate surface area is 117 Å². The largest absolute Gasteiger partial charge is 0.480 e. The van der Waals surface area contributed by atoms with E-state index in [1.165, 1.54) is 0 Å². The molecule has 0 aromatic rings. The van der Waals surface area contributed by atoms with Gasteiger partial charge in [0, 0.05) is 25.8 Å². The van der Waals surface area contributed by atoms with Gasteiger partial charge in [0.25, 0.3) is 0 Å². The first kappa shape index (κ1) is 16.1. The summed E-state index contributed by atoms with van der Waals surface area (Å²) < 4.78 is 0. The van der Waals surface area contributed by atoms with E-state index in [4.69, 9.17) is 5.11 Å². The highest BCUT2D eigenvalue weighted by Crippen LogP contribution is 2.19. The third-order valence-corrected chi connectivity index (χ3v) is 3.14. The zero-order chi connectivity index (χ0) is 15.5. The summed E-state index contributed by atoms with van der Waals surface area (Å²) in [5.74, 6) is -2.17. The summed E-state index contributed by atoms with van der Waals surface area (Å²) in [5, 5.41) is 11.5. The van der Waals surface area contributed by atoms with Crippen LogP contribution < -0.4 is 5.32 Å². The molecule has 1 heterocycles. The fourth-order valence-corrected chi connectivity index (χ4v) is 1.97. The van der Waals surface area contributed by atoms with E-state index in [1.807, 2.05) is 0 Å². The zero-order valence-electron chi connectivity index (χ0n) is 11.9. The van der Waals surface area contributed by atoms with Crippen molar-refractivity contribution in [3.63, 3.8) is 0 Å². The van der Waals surface area contributed by atoms with Crippen LogP contribution in [-0.2, 0) is 19.2 Å². The molecule has 3 amide bonds. The molecule has 1 rings (SSSR count). The fraction of sp³-hybridized carbons (Fsp3) is 0.692. The van der Waals surface area contributed by atoms with Crippen LogP contribution in [0.2, 0.25) is 0 Å². The van der Waals surface area contributed by atoms with Crippen molar-refractivity contribution in [1.82, 2.24) is 10.2 Å². The second-order valence-electron chi connectivity index (χ2n) is 5.89. The Morgan fingerprint density at radius 2 is 1.75 bits per heavy atom. The van der Waals surface area contributed by atoms with Gasteiger partial charge in [0.2, 0.25) is 17.7 Å². The molecule has 1 aliphatic rings. The molecule has 1 aliphatic heterocycles. The number of imide groups is 1. The number of nitrogens with zero attached hydrogens (tertiary/aromatic N) is 1. The molecule has 20 heavy (non-hydrogen) atoms. The fourth-order valence-electron chi connectivity index (χ4n) is 1.97. The molecule has 0 aromatic carbocycles. The normalized spacial score (nSPS) is 17.2. The van der Waals surface area contributed by atoms with Crippen LogP contribution in [0, 0.1) is 5.41 Å². The highest BCUT2D eigenvalue weighted by Gasteiger charge is 2.33. The number of rotatable bonds is 5. The van der Waals surface area contributed by atoms with Crippen LogP contribution in [0.3, 0.4) is 0 Å². The summed E-state index contributed by atoms with van der Waals surface area (Å²) in [7, 11) is 0. The van der Waals surface area contributed by atoms with Crippen molar-refractivity contribution in [2.24, 2.45) is 5.41 Å². The molecule has 7 nitrogen and oxygen atoms in total. The van der Waals surface area contributed by atoms with Crippen molar-refractivity contribution in [3.8, 4) is 0 Å². The smallest absolute Gasteiger partial charge is 0.326 e. The molecule has 0 aromatic heterocycles. The van der Waals surface area contributed by atoms with Crippen molar-refractivity contribution in [2.75, 3.05) is 6.54 Å². The third-order valence-electron chi connectivity index (χ3n) is 3.14. The van der Waals surface area contributed by atoms with E-state index in [0.29, 0.717) is 0 Å². The number of hydrogen-bond donors (Lipinski definition) is 2. The average Bonchev–Trinajstić information content (AvgIpc) is 2.61. The Bertz CT molecular complexity index is 423. The van der Waals surface area contributed by atoms with Crippen molar-refractivity contribution in [2.45, 2.75) is 46.1 Å². The minimum absolute atomic E-state index is 0.0000180. The minimum atomic E-state index is -1.11. The molecule has 1 unspecified atom stereocenters. The third kappa shape index (κ3) is 4.04. The summed E-state index contributed by atoms with van der Waals surface area (Å²) in [4.78, 5) is 46.6. The van der Waals surface area contributed by atoms with Gasteiger partial charge in [-0.15, -0.1) is 0 Å². The van der Waals surface area contributed by atoms with Gasteiger partial charge in [-0.3, -0.25) is 19.3 Å². The Kier molecular flexibility index (Phi) is 4.86. The molecule has 7 heteroatoms. The summed E-state index contributed by atoms with van der Waals surface area (Å²) in [6, 6.07) is -1.01. The number of carboxylic acid groups (broad SMARTS) is 1. The Balaban J connectivity index is 2.53. The number of carboxylic acids is 1. The van der Waals surface area contributed by atoms with Crippen LogP contribution in [0.15, 0.2) is 0 Å².